The van der Waals surface area contributed by atoms with Gasteiger partial charge in [0.15, 0.2) is 0 Å². The number of aliphatic carboxylic acids is 3. The maximum Gasteiger partial charge on any atom is 0.326 e. The summed E-state index contributed by atoms with van der Waals surface area (Å²) < 4.78 is 0. The molecule has 0 aromatic carbocycles. The monoisotopic (exact) mass is 302 g/mol. The van der Waals surface area contributed by atoms with Crippen LogP contribution < -0.4 is 5.73 Å². The number of nitrogens with two attached hydrogens (primary N) is 1. The summed E-state index contributed by atoms with van der Waals surface area (Å²) in [5.74, 6) is -4.15. The van der Waals surface area contributed by atoms with Crippen LogP contribution in [-0.2, 0) is 19.2 Å². The second-order valence-electron chi connectivity index (χ2n) is 5.14. The van der Waals surface area contributed by atoms with Gasteiger partial charge in [0.1, 0.15) is 11.6 Å². The zero-order valence-corrected chi connectivity index (χ0v) is 11.3. The lowest BCUT2D eigenvalue weighted by Gasteiger charge is -2.22. The molecule has 0 bridgehead atoms. The van der Waals surface area contributed by atoms with Crippen LogP contribution in [0.2, 0.25) is 0 Å². The van der Waals surface area contributed by atoms with Crippen molar-refractivity contribution in [2.45, 2.75) is 43.7 Å². The van der Waals surface area contributed by atoms with Gasteiger partial charge < -0.3 is 26.0 Å². The summed E-state index contributed by atoms with van der Waals surface area (Å²) in [5, 5.41) is 26.6. The molecule has 0 unspecified atom stereocenters. The van der Waals surface area contributed by atoms with Crippen molar-refractivity contribution >= 4 is 23.8 Å². The Hall–Kier alpha value is -2.16. The number of nitrogens with zero attached hydrogens (tertiary/aromatic N) is 1. The van der Waals surface area contributed by atoms with E-state index in [1.165, 1.54) is 0 Å². The van der Waals surface area contributed by atoms with Gasteiger partial charge in [-0.15, -0.1) is 0 Å². The Kier molecular flexibility index (Phi) is 5.25. The van der Waals surface area contributed by atoms with Crippen molar-refractivity contribution < 1.29 is 34.5 Å². The molecule has 1 saturated heterocycles. The number of unbranched alkanes of at least 4 members (excludes halogenated alkanes) is 1. The molecule has 0 aromatic rings. The van der Waals surface area contributed by atoms with Crippen molar-refractivity contribution in [1.82, 2.24) is 4.90 Å². The highest BCUT2D eigenvalue weighted by atomic mass is 16.4. The second-order valence-corrected chi connectivity index (χ2v) is 5.14. The highest BCUT2D eigenvalue weighted by Crippen LogP contribution is 2.27. The smallest absolute Gasteiger partial charge is 0.326 e. The van der Waals surface area contributed by atoms with Crippen LogP contribution in [0.5, 0.6) is 0 Å². The molecule has 0 radical (unpaired) electrons. The molecule has 0 saturated carbocycles. The Morgan fingerprint density at radius 1 is 1.10 bits per heavy atom. The van der Waals surface area contributed by atoms with E-state index in [2.05, 4.69) is 0 Å². The van der Waals surface area contributed by atoms with E-state index in [1.807, 2.05) is 0 Å². The fourth-order valence-corrected chi connectivity index (χ4v) is 2.27. The van der Waals surface area contributed by atoms with Gasteiger partial charge in [0.05, 0.1) is 6.54 Å². The minimum atomic E-state index is -1.76. The summed E-state index contributed by atoms with van der Waals surface area (Å²) >= 11 is 0. The average Bonchev–Trinajstić information content (AvgIpc) is 2.74. The molecular weight excluding hydrogens is 284 g/mol. The summed E-state index contributed by atoms with van der Waals surface area (Å²) in [6.07, 6.45) is 0.120. The minimum absolute atomic E-state index is 0.0350. The minimum Gasteiger partial charge on any atom is -0.481 e. The Morgan fingerprint density at radius 2 is 1.67 bits per heavy atom. The molecule has 1 aliphatic heterocycles. The Labute approximate surface area is 120 Å². The van der Waals surface area contributed by atoms with Crippen LogP contribution in [0.4, 0.5) is 0 Å². The van der Waals surface area contributed by atoms with Gasteiger partial charge in [0.25, 0.3) is 0 Å². The quantitative estimate of drug-likeness (QED) is 0.440. The standard InChI is InChI=1S/C12H18N2O7/c13-12(11(20)21)5-7(10(18)19)14(6-12)8(15)3-1-2-4-9(16)17/h7H,1-6,13H2,(H,16,17)(H,18,19)(H,20,21)/t7-,12+/m0/s1. The Morgan fingerprint density at radius 3 is 2.14 bits per heavy atom. The molecule has 5 N–H and O–H groups in total. The first kappa shape index (κ1) is 16.9. The molecule has 9 heteroatoms. The van der Waals surface area contributed by atoms with Crippen LogP contribution in [0, 0.1) is 0 Å². The third-order valence-corrected chi connectivity index (χ3v) is 3.45. The van der Waals surface area contributed by atoms with Gasteiger partial charge in [0, 0.05) is 19.3 Å². The molecule has 1 fully saturated rings. The third-order valence-electron chi connectivity index (χ3n) is 3.45. The van der Waals surface area contributed by atoms with Crippen molar-refractivity contribution in [3.63, 3.8) is 0 Å². The molecule has 2 atom stereocenters. The zero-order chi connectivity index (χ0) is 16.2. The van der Waals surface area contributed by atoms with Crippen molar-refractivity contribution in [3.8, 4) is 0 Å². The number of hydrogen-bond donors (Lipinski definition) is 4. The van der Waals surface area contributed by atoms with Crippen molar-refractivity contribution in [1.29, 1.82) is 0 Å². The summed E-state index contributed by atoms with van der Waals surface area (Å²) in [6.45, 7) is -0.364. The van der Waals surface area contributed by atoms with E-state index < -0.39 is 35.4 Å². The number of likely N-dealkylation sites (tertiary alicyclic amines) is 1. The third kappa shape index (κ3) is 4.15. The molecule has 1 aliphatic rings. The van der Waals surface area contributed by atoms with Crippen molar-refractivity contribution in [2.24, 2.45) is 5.73 Å². The number of rotatable bonds is 7. The summed E-state index contributed by atoms with van der Waals surface area (Å²) in [7, 11) is 0. The molecule has 0 aromatic heterocycles. The molecule has 1 rings (SSSR count). The van der Waals surface area contributed by atoms with Crippen molar-refractivity contribution in [2.75, 3.05) is 6.54 Å². The first-order chi connectivity index (χ1) is 9.67. The van der Waals surface area contributed by atoms with Crippen LogP contribution >= 0.6 is 0 Å². The fraction of sp³-hybridized carbons (Fsp3) is 0.667. The number of carbonyl (C=O) groups is 4. The topological polar surface area (TPSA) is 158 Å². The normalized spacial score (nSPS) is 24.8. The lowest BCUT2D eigenvalue weighted by Crippen LogP contribution is -2.50. The molecule has 1 amide bonds. The van der Waals surface area contributed by atoms with E-state index in [4.69, 9.17) is 21.1 Å². The molecule has 0 spiro atoms. The van der Waals surface area contributed by atoms with E-state index >= 15 is 0 Å². The predicted octanol–water partition coefficient (Wildman–Crippen LogP) is -0.901. The molecule has 0 aliphatic carbocycles. The van der Waals surface area contributed by atoms with E-state index in [0.29, 0.717) is 12.8 Å². The van der Waals surface area contributed by atoms with Gasteiger partial charge in [-0.25, -0.2) is 4.79 Å². The van der Waals surface area contributed by atoms with Gasteiger partial charge >= 0.3 is 17.9 Å². The lowest BCUT2D eigenvalue weighted by molar-refractivity contribution is -0.148. The number of carboxylic acid groups (broad SMARTS) is 3. The number of amides is 1. The first-order valence-corrected chi connectivity index (χ1v) is 6.44. The van der Waals surface area contributed by atoms with E-state index in [0.717, 1.165) is 4.90 Å². The Balaban J connectivity index is 2.66. The summed E-state index contributed by atoms with van der Waals surface area (Å²) in [6, 6.07) is -1.27. The molecule has 9 nitrogen and oxygen atoms in total. The molecular formula is C12H18N2O7. The highest BCUT2D eigenvalue weighted by Gasteiger charge is 2.51. The molecule has 118 valence electrons. The van der Waals surface area contributed by atoms with Gasteiger partial charge in [-0.05, 0) is 12.8 Å². The highest BCUT2D eigenvalue weighted by molar-refractivity contribution is 5.89. The van der Waals surface area contributed by atoms with Crippen LogP contribution in [0.1, 0.15) is 32.1 Å². The molecule has 21 heavy (non-hydrogen) atoms. The average molecular weight is 302 g/mol. The van der Waals surface area contributed by atoms with Crippen LogP contribution in [0.15, 0.2) is 0 Å². The van der Waals surface area contributed by atoms with E-state index in [9.17, 15) is 19.2 Å². The fourth-order valence-electron chi connectivity index (χ4n) is 2.27. The van der Waals surface area contributed by atoms with Crippen LogP contribution in [0.3, 0.4) is 0 Å². The number of hydrogen-bond acceptors (Lipinski definition) is 5. The second kappa shape index (κ2) is 6.53. The van der Waals surface area contributed by atoms with Gasteiger partial charge in [-0.3, -0.25) is 14.4 Å². The maximum atomic E-state index is 12.0. The van der Waals surface area contributed by atoms with E-state index in [1.54, 1.807) is 0 Å². The predicted molar refractivity (Wildman–Crippen MR) is 68.4 cm³/mol. The zero-order valence-electron chi connectivity index (χ0n) is 11.3. The van der Waals surface area contributed by atoms with Crippen molar-refractivity contribution in [3.05, 3.63) is 0 Å². The van der Waals surface area contributed by atoms with Crippen LogP contribution in [0.25, 0.3) is 0 Å². The molecule has 1 heterocycles. The SMILES string of the molecule is N[C@]1(C(=O)O)C[C@@H](C(=O)O)N(C(=O)CCCCC(=O)O)C1. The van der Waals surface area contributed by atoms with E-state index in [-0.39, 0.29) is 25.8 Å². The largest absolute Gasteiger partial charge is 0.481 e. The van der Waals surface area contributed by atoms with Crippen LogP contribution in [-0.4, -0.2) is 62.2 Å². The summed E-state index contributed by atoms with van der Waals surface area (Å²) in [4.78, 5) is 45.5. The summed E-state index contributed by atoms with van der Waals surface area (Å²) in [5.41, 5.74) is 3.85. The number of carbonyl (C=O) groups excluding carboxylic acids is 1. The number of carboxylic acids is 3. The van der Waals surface area contributed by atoms with Gasteiger partial charge in [-0.1, -0.05) is 0 Å². The lowest BCUT2D eigenvalue weighted by atomic mass is 9.98. The Bertz CT molecular complexity index is 465. The first-order valence-electron chi connectivity index (χ1n) is 6.44. The maximum absolute atomic E-state index is 12.0. The van der Waals surface area contributed by atoms with Gasteiger partial charge in [0.2, 0.25) is 5.91 Å². The van der Waals surface area contributed by atoms with Gasteiger partial charge in [-0.2, -0.15) is 0 Å².